The molecule has 0 fully saturated rings. The summed E-state index contributed by atoms with van der Waals surface area (Å²) in [6.45, 7) is 1.94. The molecule has 6 nitrogen and oxygen atoms in total. The molecule has 0 aliphatic rings. The molecule has 0 saturated carbocycles. The van der Waals surface area contributed by atoms with Crippen LogP contribution in [0.1, 0.15) is 40.9 Å². The molecule has 33 heavy (non-hydrogen) atoms. The molecule has 1 aromatic heterocycles. The predicted octanol–water partition coefficient (Wildman–Crippen LogP) is 5.54. The Bertz CT molecular complexity index is 1280. The van der Waals surface area contributed by atoms with Crippen LogP contribution in [0.15, 0.2) is 85.1 Å². The van der Waals surface area contributed by atoms with Crippen LogP contribution in [0, 0.1) is 0 Å². The van der Waals surface area contributed by atoms with E-state index in [0.717, 1.165) is 16.3 Å². The minimum atomic E-state index is -0.917. The van der Waals surface area contributed by atoms with Crippen LogP contribution in [0.5, 0.6) is 11.6 Å². The molecule has 1 atom stereocenters. The number of hydrogen-bond donors (Lipinski definition) is 2. The third kappa shape index (κ3) is 5.36. The van der Waals surface area contributed by atoms with E-state index < -0.39 is 5.97 Å². The molecule has 4 aromatic rings. The number of nitrogens with one attached hydrogen (secondary N) is 1. The first kappa shape index (κ1) is 22.0. The number of nitrogens with zero attached hydrogens (tertiary/aromatic N) is 1. The van der Waals surface area contributed by atoms with Gasteiger partial charge in [0.1, 0.15) is 5.75 Å². The number of aliphatic carboxylic acids is 1. The fourth-order valence-corrected chi connectivity index (χ4v) is 3.80. The number of hydrogen-bond acceptors (Lipinski definition) is 4. The van der Waals surface area contributed by atoms with E-state index in [1.807, 2.05) is 55.5 Å². The zero-order valence-corrected chi connectivity index (χ0v) is 18.2. The van der Waals surface area contributed by atoms with Gasteiger partial charge >= 0.3 is 5.97 Å². The van der Waals surface area contributed by atoms with Gasteiger partial charge in [-0.25, -0.2) is 4.98 Å². The molecule has 0 saturated heterocycles. The number of aromatic nitrogens is 1. The molecule has 166 valence electrons. The number of benzene rings is 3. The highest BCUT2D eigenvalue weighted by Gasteiger charge is 2.18. The molecule has 3 aromatic carbocycles. The molecule has 6 heteroatoms. The maximum Gasteiger partial charge on any atom is 0.303 e. The Hall–Kier alpha value is -4.19. The summed E-state index contributed by atoms with van der Waals surface area (Å²) in [6, 6.07) is 24.2. The van der Waals surface area contributed by atoms with E-state index in [-0.39, 0.29) is 24.8 Å². The van der Waals surface area contributed by atoms with Crippen LogP contribution in [0.25, 0.3) is 10.8 Å². The van der Waals surface area contributed by atoms with Gasteiger partial charge in [-0.3, -0.25) is 9.59 Å². The van der Waals surface area contributed by atoms with Crippen LogP contribution < -0.4 is 10.1 Å². The first-order chi connectivity index (χ1) is 16.0. The summed E-state index contributed by atoms with van der Waals surface area (Å²) >= 11 is 0. The summed E-state index contributed by atoms with van der Waals surface area (Å²) in [5.74, 6) is -0.344. The fourth-order valence-electron chi connectivity index (χ4n) is 3.80. The van der Waals surface area contributed by atoms with Crippen molar-refractivity contribution < 1.29 is 19.4 Å². The van der Waals surface area contributed by atoms with Crippen molar-refractivity contribution in [1.82, 2.24) is 10.3 Å². The Morgan fingerprint density at radius 2 is 1.79 bits per heavy atom. The Kier molecular flexibility index (Phi) is 6.64. The van der Waals surface area contributed by atoms with Crippen LogP contribution in [0.2, 0.25) is 0 Å². The lowest BCUT2D eigenvalue weighted by Crippen LogP contribution is -2.28. The number of amides is 1. The molecule has 0 radical (unpaired) electrons. The Labute approximate surface area is 191 Å². The highest BCUT2D eigenvalue weighted by molar-refractivity contribution is 5.97. The zero-order chi connectivity index (χ0) is 23.2. The van der Waals surface area contributed by atoms with Gasteiger partial charge in [0.25, 0.3) is 5.91 Å². The number of carboxylic acid groups (broad SMARTS) is 1. The lowest BCUT2D eigenvalue weighted by molar-refractivity contribution is -0.136. The second-order valence-corrected chi connectivity index (χ2v) is 7.75. The van der Waals surface area contributed by atoms with Gasteiger partial charge in [-0.2, -0.15) is 0 Å². The van der Waals surface area contributed by atoms with Crippen LogP contribution in [0.3, 0.4) is 0 Å². The smallest absolute Gasteiger partial charge is 0.303 e. The van der Waals surface area contributed by atoms with Crippen LogP contribution in [-0.2, 0) is 11.2 Å². The Morgan fingerprint density at radius 3 is 2.58 bits per heavy atom. The number of carbonyl (C=O) groups is 2. The third-order valence-corrected chi connectivity index (χ3v) is 5.43. The van der Waals surface area contributed by atoms with E-state index >= 15 is 0 Å². The summed E-state index contributed by atoms with van der Waals surface area (Å²) in [4.78, 5) is 28.6. The Morgan fingerprint density at radius 1 is 1.00 bits per heavy atom. The van der Waals surface area contributed by atoms with Crippen molar-refractivity contribution in [3.05, 3.63) is 102 Å². The van der Waals surface area contributed by atoms with Crippen molar-refractivity contribution in [2.24, 2.45) is 0 Å². The van der Waals surface area contributed by atoms with E-state index in [1.54, 1.807) is 36.5 Å². The number of ether oxygens (including phenoxy) is 1. The molecule has 1 amide bonds. The van der Waals surface area contributed by atoms with E-state index in [2.05, 4.69) is 10.3 Å². The van der Waals surface area contributed by atoms with Gasteiger partial charge in [-0.1, -0.05) is 54.6 Å². The van der Waals surface area contributed by atoms with E-state index in [0.29, 0.717) is 22.8 Å². The number of carbonyl (C=O) groups excluding carboxylic acids is 1. The number of aryl methyl sites for hydroxylation is 1. The second kappa shape index (κ2) is 9.96. The molecule has 0 aliphatic heterocycles. The second-order valence-electron chi connectivity index (χ2n) is 7.75. The van der Waals surface area contributed by atoms with Gasteiger partial charge in [-0.05, 0) is 53.4 Å². The first-order valence-corrected chi connectivity index (χ1v) is 10.7. The minimum absolute atomic E-state index is 0.0698. The fraction of sp³-hybridized carbons (Fsp3) is 0.148. The Balaban J connectivity index is 1.62. The van der Waals surface area contributed by atoms with Gasteiger partial charge in [0.15, 0.2) is 0 Å². The molecule has 2 N–H and O–H groups in total. The standard InChI is InChI=1S/C27H24N2O4/c1-18(22-10-6-8-19-7-2-3-9-23(19)22)29-27(32)24-17-21(33-25-11-4-5-16-28-25)14-12-20(24)13-15-26(30)31/h2-12,14,16-18H,13,15H2,1H3,(H,29,32)(H,30,31)/t18-/m1/s1. The number of rotatable bonds is 8. The van der Waals surface area contributed by atoms with Crippen molar-refractivity contribution in [3.8, 4) is 11.6 Å². The topological polar surface area (TPSA) is 88.5 Å². The van der Waals surface area contributed by atoms with Gasteiger partial charge in [0.2, 0.25) is 5.88 Å². The summed E-state index contributed by atoms with van der Waals surface area (Å²) in [6.07, 6.45) is 1.79. The van der Waals surface area contributed by atoms with Crippen molar-refractivity contribution >= 4 is 22.6 Å². The third-order valence-electron chi connectivity index (χ3n) is 5.43. The van der Waals surface area contributed by atoms with Gasteiger partial charge in [-0.15, -0.1) is 0 Å². The average Bonchev–Trinajstić information content (AvgIpc) is 2.83. The zero-order valence-electron chi connectivity index (χ0n) is 18.2. The normalized spacial score (nSPS) is 11.7. The van der Waals surface area contributed by atoms with Crippen LogP contribution in [-0.4, -0.2) is 22.0 Å². The SMILES string of the molecule is C[C@@H](NC(=O)c1cc(Oc2ccccn2)ccc1CCC(=O)O)c1cccc2ccccc12. The number of fused-ring (bicyclic) bond motifs is 1. The molecular weight excluding hydrogens is 416 g/mol. The highest BCUT2D eigenvalue weighted by atomic mass is 16.5. The van der Waals surface area contributed by atoms with Gasteiger partial charge < -0.3 is 15.2 Å². The first-order valence-electron chi connectivity index (χ1n) is 10.7. The highest BCUT2D eigenvalue weighted by Crippen LogP contribution is 2.27. The molecule has 0 unspecified atom stereocenters. The molecule has 0 bridgehead atoms. The van der Waals surface area contributed by atoms with Gasteiger partial charge in [0, 0.05) is 24.2 Å². The largest absolute Gasteiger partial charge is 0.481 e. The summed E-state index contributed by atoms with van der Waals surface area (Å²) in [5, 5.41) is 14.4. The summed E-state index contributed by atoms with van der Waals surface area (Å²) in [5.41, 5.74) is 2.04. The van der Waals surface area contributed by atoms with Crippen molar-refractivity contribution in [2.45, 2.75) is 25.8 Å². The summed E-state index contributed by atoms with van der Waals surface area (Å²) in [7, 11) is 0. The van der Waals surface area contributed by atoms with E-state index in [1.165, 1.54) is 0 Å². The minimum Gasteiger partial charge on any atom is -0.481 e. The number of pyridine rings is 1. The lowest BCUT2D eigenvalue weighted by atomic mass is 9.98. The maximum atomic E-state index is 13.3. The lowest BCUT2D eigenvalue weighted by Gasteiger charge is -2.18. The summed E-state index contributed by atoms with van der Waals surface area (Å²) < 4.78 is 5.79. The molecular formula is C27H24N2O4. The van der Waals surface area contributed by atoms with Crippen molar-refractivity contribution in [1.29, 1.82) is 0 Å². The van der Waals surface area contributed by atoms with Crippen LogP contribution >= 0.6 is 0 Å². The quantitative estimate of drug-likeness (QED) is 0.376. The van der Waals surface area contributed by atoms with Crippen molar-refractivity contribution in [3.63, 3.8) is 0 Å². The molecule has 1 heterocycles. The molecule has 4 rings (SSSR count). The molecule has 0 aliphatic carbocycles. The van der Waals surface area contributed by atoms with Crippen LogP contribution in [0.4, 0.5) is 0 Å². The van der Waals surface area contributed by atoms with Gasteiger partial charge in [0.05, 0.1) is 6.04 Å². The monoisotopic (exact) mass is 440 g/mol. The maximum absolute atomic E-state index is 13.3. The average molecular weight is 440 g/mol. The number of carboxylic acids is 1. The van der Waals surface area contributed by atoms with Crippen molar-refractivity contribution in [2.75, 3.05) is 0 Å². The van der Waals surface area contributed by atoms with E-state index in [9.17, 15) is 9.59 Å². The predicted molar refractivity (Wildman–Crippen MR) is 127 cm³/mol. The molecule has 0 spiro atoms. The van der Waals surface area contributed by atoms with E-state index in [4.69, 9.17) is 9.84 Å².